The number of hydrogen-bond acceptors (Lipinski definition) is 4. The van der Waals surface area contributed by atoms with Gasteiger partial charge in [-0.3, -0.25) is 9.69 Å². The minimum absolute atomic E-state index is 0.185. The van der Waals surface area contributed by atoms with Crippen molar-refractivity contribution >= 4 is 34.2 Å². The predicted octanol–water partition coefficient (Wildman–Crippen LogP) is 3.52. The smallest absolute Gasteiger partial charge is 0.249 e. The van der Waals surface area contributed by atoms with Crippen LogP contribution in [0.3, 0.4) is 0 Å². The molecule has 2 N–H and O–H groups in total. The number of hydrogen-bond donors (Lipinski definition) is 2. The number of nitrogens with zero attached hydrogens (tertiary/aromatic N) is 3. The van der Waals surface area contributed by atoms with E-state index < -0.39 is 0 Å². The number of aromatic amines is 1. The number of nitrogens with one attached hydrogen (secondary N) is 2. The highest BCUT2D eigenvalue weighted by Crippen LogP contribution is 2.44. The fourth-order valence-electron chi connectivity index (χ4n) is 4.66. The molecule has 0 radical (unpaired) electrons. The summed E-state index contributed by atoms with van der Waals surface area (Å²) >= 11 is 5.74. The Labute approximate surface area is 167 Å². The molecular weight excluding hydrogens is 374 g/mol. The highest BCUT2D eigenvalue weighted by atomic mass is 35.5. The lowest BCUT2D eigenvalue weighted by atomic mass is 9.74. The van der Waals surface area contributed by atoms with Gasteiger partial charge in [-0.25, -0.2) is 0 Å². The third-order valence-corrected chi connectivity index (χ3v) is 6.03. The number of fused-ring (bicyclic) bond motifs is 2. The van der Waals surface area contributed by atoms with Crippen molar-refractivity contribution in [2.24, 2.45) is 0 Å². The number of carbonyl (C=O) groups is 1. The molecule has 0 unspecified atom stereocenters. The molecule has 7 heteroatoms. The number of rotatable bonds is 2. The Morgan fingerprint density at radius 2 is 2.18 bits per heavy atom. The Morgan fingerprint density at radius 3 is 3.00 bits per heavy atom. The van der Waals surface area contributed by atoms with Crippen molar-refractivity contribution in [2.75, 3.05) is 18.9 Å². The molecule has 2 aromatic heterocycles. The molecule has 3 aromatic rings. The molecule has 1 aromatic carbocycles. The van der Waals surface area contributed by atoms with Crippen molar-refractivity contribution < 1.29 is 4.79 Å². The lowest BCUT2D eigenvalue weighted by Gasteiger charge is -2.43. The van der Waals surface area contributed by atoms with Crippen molar-refractivity contribution in [1.82, 2.24) is 20.1 Å². The second-order valence-corrected chi connectivity index (χ2v) is 8.00. The normalized spacial score (nSPS) is 23.0. The fourth-order valence-corrected chi connectivity index (χ4v) is 4.76. The summed E-state index contributed by atoms with van der Waals surface area (Å²) in [5, 5.41) is 12.1. The van der Waals surface area contributed by atoms with E-state index in [9.17, 15) is 4.79 Å². The van der Waals surface area contributed by atoms with Gasteiger partial charge in [0.25, 0.3) is 0 Å². The van der Waals surface area contributed by atoms with Crippen LogP contribution in [0.25, 0.3) is 10.9 Å². The lowest BCUT2D eigenvalue weighted by Crippen LogP contribution is -2.45. The minimum Gasteiger partial charge on any atom is -0.361 e. The molecule has 1 aliphatic heterocycles. The van der Waals surface area contributed by atoms with E-state index >= 15 is 0 Å². The van der Waals surface area contributed by atoms with Crippen LogP contribution in [0.1, 0.15) is 23.5 Å². The molecule has 3 heterocycles. The van der Waals surface area contributed by atoms with Crippen molar-refractivity contribution in [3.63, 3.8) is 0 Å². The molecule has 142 valence electrons. The van der Waals surface area contributed by atoms with Gasteiger partial charge in [0, 0.05) is 41.7 Å². The largest absolute Gasteiger partial charge is 0.361 e. The summed E-state index contributed by atoms with van der Waals surface area (Å²) in [4.78, 5) is 18.2. The maximum absolute atomic E-state index is 12.5. The van der Waals surface area contributed by atoms with Crippen LogP contribution in [0.5, 0.6) is 0 Å². The number of carbonyl (C=O) groups excluding carboxylic acids is 1. The Morgan fingerprint density at radius 1 is 1.29 bits per heavy atom. The number of benzene rings is 1. The molecule has 0 spiro atoms. The van der Waals surface area contributed by atoms with E-state index in [0.717, 1.165) is 25.0 Å². The number of aromatic nitrogens is 3. The zero-order valence-electron chi connectivity index (χ0n) is 15.4. The zero-order chi connectivity index (χ0) is 19.3. The summed E-state index contributed by atoms with van der Waals surface area (Å²) in [6.07, 6.45) is 5.77. The number of H-pyrrole nitrogens is 1. The molecule has 2 atom stereocenters. The number of likely N-dealkylation sites (tertiary alicyclic amines) is 1. The lowest BCUT2D eigenvalue weighted by molar-refractivity contribution is -0.112. The van der Waals surface area contributed by atoms with E-state index in [1.54, 1.807) is 18.2 Å². The van der Waals surface area contributed by atoms with Crippen molar-refractivity contribution in [2.45, 2.75) is 24.8 Å². The molecular formula is C21H20ClN5O. The summed E-state index contributed by atoms with van der Waals surface area (Å²) in [5.41, 5.74) is 5.10. The predicted molar refractivity (Wildman–Crippen MR) is 110 cm³/mol. The van der Waals surface area contributed by atoms with Crippen LogP contribution in [0.4, 0.5) is 5.82 Å². The average molecular weight is 394 g/mol. The first-order valence-corrected chi connectivity index (χ1v) is 9.75. The topological polar surface area (TPSA) is 73.9 Å². The Hall–Kier alpha value is -2.70. The maximum Gasteiger partial charge on any atom is 0.249 e. The summed E-state index contributed by atoms with van der Waals surface area (Å²) in [5.74, 6) is 0.600. The van der Waals surface area contributed by atoms with Crippen LogP contribution in [0.2, 0.25) is 5.15 Å². The maximum atomic E-state index is 12.5. The standard InChI is InChI=1S/C21H20ClN5O/c1-27-11-12(8-20(28)24-19-6-5-18(22)25-26-19)7-15-14-3-2-4-16-21(14)13(10-23-16)9-17(15)27/h2-6,8,10,15,17,23H,7,9,11H2,1H3,(H,24,26,28)/t15-,17-/m1/s1. The number of piperidine rings is 1. The van der Waals surface area contributed by atoms with Gasteiger partial charge in [-0.2, -0.15) is 0 Å². The van der Waals surface area contributed by atoms with E-state index in [0.29, 0.717) is 22.9 Å². The van der Waals surface area contributed by atoms with Gasteiger partial charge in [0.15, 0.2) is 11.0 Å². The quantitative estimate of drug-likeness (QED) is 0.653. The highest BCUT2D eigenvalue weighted by molar-refractivity contribution is 6.29. The van der Waals surface area contributed by atoms with Crippen molar-refractivity contribution in [3.05, 3.63) is 64.5 Å². The van der Waals surface area contributed by atoms with E-state index in [4.69, 9.17) is 11.6 Å². The molecule has 1 fully saturated rings. The minimum atomic E-state index is -0.185. The molecule has 0 bridgehead atoms. The van der Waals surface area contributed by atoms with E-state index in [-0.39, 0.29) is 5.91 Å². The van der Waals surface area contributed by atoms with Gasteiger partial charge in [-0.15, -0.1) is 10.2 Å². The van der Waals surface area contributed by atoms with Crippen LogP contribution >= 0.6 is 11.6 Å². The van der Waals surface area contributed by atoms with Crippen molar-refractivity contribution in [3.8, 4) is 0 Å². The van der Waals surface area contributed by atoms with Gasteiger partial charge in [0.1, 0.15) is 0 Å². The SMILES string of the molecule is CN1CC(=CC(=O)Nc2ccc(Cl)nn2)C[C@@H]2c3cccc4[nH]cc(c34)C[C@H]21. The molecule has 1 aliphatic carbocycles. The van der Waals surface area contributed by atoms with Gasteiger partial charge in [-0.1, -0.05) is 29.3 Å². The second kappa shape index (κ2) is 6.72. The highest BCUT2D eigenvalue weighted by Gasteiger charge is 2.37. The molecule has 5 rings (SSSR count). The summed E-state index contributed by atoms with van der Waals surface area (Å²) in [6.45, 7) is 0.788. The average Bonchev–Trinajstić information content (AvgIpc) is 3.09. The van der Waals surface area contributed by atoms with Crippen LogP contribution in [0, 0.1) is 0 Å². The molecule has 28 heavy (non-hydrogen) atoms. The number of likely N-dealkylation sites (N-methyl/N-ethyl adjacent to an activating group) is 1. The first-order valence-electron chi connectivity index (χ1n) is 9.37. The summed E-state index contributed by atoms with van der Waals surface area (Å²) in [7, 11) is 2.14. The van der Waals surface area contributed by atoms with Crippen molar-refractivity contribution in [1.29, 1.82) is 0 Å². The first-order chi connectivity index (χ1) is 13.6. The molecule has 2 aliphatic rings. The fraction of sp³-hybridized carbons (Fsp3) is 0.286. The summed E-state index contributed by atoms with van der Waals surface area (Å²) < 4.78 is 0. The van der Waals surface area contributed by atoms with Gasteiger partial charge in [-0.05, 0) is 49.2 Å². The van der Waals surface area contributed by atoms with Crippen LogP contribution < -0.4 is 5.32 Å². The van der Waals surface area contributed by atoms with Gasteiger partial charge < -0.3 is 10.3 Å². The second-order valence-electron chi connectivity index (χ2n) is 7.61. The number of halogens is 1. The Kier molecular flexibility index (Phi) is 4.18. The van der Waals surface area contributed by atoms with Crippen LogP contribution in [-0.4, -0.2) is 45.6 Å². The van der Waals surface area contributed by atoms with E-state index in [1.807, 2.05) is 0 Å². The molecule has 6 nitrogen and oxygen atoms in total. The van der Waals surface area contributed by atoms with Gasteiger partial charge in [0.05, 0.1) is 0 Å². The first kappa shape index (κ1) is 17.4. The number of anilines is 1. The van der Waals surface area contributed by atoms with Crippen LogP contribution in [-0.2, 0) is 11.2 Å². The molecule has 1 amide bonds. The van der Waals surface area contributed by atoms with Crippen LogP contribution in [0.15, 0.2) is 48.2 Å². The molecule has 1 saturated heterocycles. The Balaban J connectivity index is 1.41. The zero-order valence-corrected chi connectivity index (χ0v) is 16.2. The van der Waals surface area contributed by atoms with Gasteiger partial charge >= 0.3 is 0 Å². The van der Waals surface area contributed by atoms with E-state index in [1.165, 1.54) is 22.0 Å². The third-order valence-electron chi connectivity index (χ3n) is 5.83. The third kappa shape index (κ3) is 2.99. The summed E-state index contributed by atoms with van der Waals surface area (Å²) in [6, 6.07) is 10.2. The Bertz CT molecular complexity index is 1090. The monoisotopic (exact) mass is 393 g/mol. The molecule has 0 saturated carbocycles. The van der Waals surface area contributed by atoms with Gasteiger partial charge in [0.2, 0.25) is 5.91 Å². The van der Waals surface area contributed by atoms with E-state index in [2.05, 4.69) is 56.8 Å². The number of amides is 1.